The topological polar surface area (TPSA) is 65.8 Å². The zero-order valence-electron chi connectivity index (χ0n) is 12.7. The Morgan fingerprint density at radius 3 is 2.33 bits per heavy atom. The second-order valence-electron chi connectivity index (χ2n) is 4.32. The maximum absolute atomic E-state index is 5.54. The zero-order valence-corrected chi connectivity index (χ0v) is 12.7. The molecule has 1 aromatic carbocycles. The molecule has 0 saturated carbocycles. The Morgan fingerprint density at radius 2 is 1.71 bits per heavy atom. The molecule has 114 valence electrons. The Kier molecular flexibility index (Phi) is 5.05. The van der Waals surface area contributed by atoms with Crippen molar-refractivity contribution >= 4 is 0 Å². The summed E-state index contributed by atoms with van der Waals surface area (Å²) in [7, 11) is 4.78. The molecule has 1 N–H and O–H groups in total. The van der Waals surface area contributed by atoms with Crippen molar-refractivity contribution in [3.05, 3.63) is 24.2 Å². The number of aromatic nitrogens is 1. The van der Waals surface area contributed by atoms with E-state index < -0.39 is 0 Å². The van der Waals surface area contributed by atoms with Crippen molar-refractivity contribution in [1.29, 1.82) is 0 Å². The first-order valence-corrected chi connectivity index (χ1v) is 6.68. The lowest BCUT2D eigenvalue weighted by Gasteiger charge is -2.13. The van der Waals surface area contributed by atoms with E-state index in [0.717, 1.165) is 17.8 Å². The summed E-state index contributed by atoms with van der Waals surface area (Å²) in [5.74, 6) is 2.51. The Morgan fingerprint density at radius 1 is 1.05 bits per heavy atom. The monoisotopic (exact) mass is 292 g/mol. The number of ether oxygens (including phenoxy) is 3. The lowest BCUT2D eigenvalue weighted by atomic mass is 10.1. The van der Waals surface area contributed by atoms with E-state index in [4.69, 9.17) is 18.6 Å². The van der Waals surface area contributed by atoms with Crippen LogP contribution in [0.5, 0.6) is 17.2 Å². The summed E-state index contributed by atoms with van der Waals surface area (Å²) in [6.45, 7) is 3.52. The van der Waals surface area contributed by atoms with E-state index in [1.165, 1.54) is 6.39 Å². The number of nitrogens with zero attached hydrogens (tertiary/aromatic N) is 1. The number of benzene rings is 1. The minimum Gasteiger partial charge on any atom is -0.496 e. The van der Waals surface area contributed by atoms with Gasteiger partial charge in [-0.05, 0) is 12.6 Å². The Bertz CT molecular complexity index is 595. The lowest BCUT2D eigenvalue weighted by Crippen LogP contribution is -2.12. The van der Waals surface area contributed by atoms with Crippen LogP contribution in [0.2, 0.25) is 0 Å². The van der Waals surface area contributed by atoms with Crippen LogP contribution < -0.4 is 19.5 Å². The first kappa shape index (κ1) is 15.2. The highest BCUT2D eigenvalue weighted by Gasteiger charge is 2.19. The highest BCUT2D eigenvalue weighted by molar-refractivity contribution is 5.72. The number of hydrogen-bond donors (Lipinski definition) is 1. The van der Waals surface area contributed by atoms with Gasteiger partial charge in [0.05, 0.1) is 26.9 Å². The summed E-state index contributed by atoms with van der Waals surface area (Å²) in [6, 6.07) is 3.60. The predicted octanol–water partition coefficient (Wildman–Crippen LogP) is 2.48. The van der Waals surface area contributed by atoms with Crippen LogP contribution in [0.4, 0.5) is 0 Å². The third-order valence-corrected chi connectivity index (χ3v) is 3.13. The van der Waals surface area contributed by atoms with Gasteiger partial charge in [0.2, 0.25) is 0 Å². The van der Waals surface area contributed by atoms with E-state index in [0.29, 0.717) is 29.6 Å². The molecular formula is C15H20N2O4. The van der Waals surface area contributed by atoms with Crippen LogP contribution in [0.1, 0.15) is 12.6 Å². The van der Waals surface area contributed by atoms with Gasteiger partial charge < -0.3 is 23.9 Å². The molecule has 2 rings (SSSR count). The average molecular weight is 292 g/mol. The van der Waals surface area contributed by atoms with Crippen molar-refractivity contribution in [1.82, 2.24) is 10.3 Å². The number of oxazole rings is 1. The molecule has 0 aliphatic heterocycles. The molecule has 0 radical (unpaired) electrons. The van der Waals surface area contributed by atoms with Crippen LogP contribution in [0.3, 0.4) is 0 Å². The number of methoxy groups -OCH3 is 3. The van der Waals surface area contributed by atoms with Gasteiger partial charge in [0.25, 0.3) is 0 Å². The quantitative estimate of drug-likeness (QED) is 0.845. The first-order valence-electron chi connectivity index (χ1n) is 6.68. The van der Waals surface area contributed by atoms with Crippen LogP contribution in [-0.4, -0.2) is 32.9 Å². The molecule has 21 heavy (non-hydrogen) atoms. The zero-order chi connectivity index (χ0) is 15.2. The summed E-state index contributed by atoms with van der Waals surface area (Å²) in [4.78, 5) is 4.25. The molecule has 0 spiro atoms. The summed E-state index contributed by atoms with van der Waals surface area (Å²) in [6.07, 6.45) is 1.43. The van der Waals surface area contributed by atoms with E-state index in [2.05, 4.69) is 10.3 Å². The van der Waals surface area contributed by atoms with Gasteiger partial charge in [0.15, 0.2) is 23.7 Å². The van der Waals surface area contributed by atoms with Gasteiger partial charge in [0.1, 0.15) is 11.4 Å². The largest absolute Gasteiger partial charge is 0.496 e. The van der Waals surface area contributed by atoms with Crippen molar-refractivity contribution < 1.29 is 18.6 Å². The van der Waals surface area contributed by atoms with E-state index in [1.807, 2.05) is 13.0 Å². The molecule has 0 aliphatic carbocycles. The van der Waals surface area contributed by atoms with Crippen LogP contribution in [0.15, 0.2) is 22.9 Å². The predicted molar refractivity (Wildman–Crippen MR) is 79.0 cm³/mol. The normalized spacial score (nSPS) is 10.5. The fourth-order valence-electron chi connectivity index (χ4n) is 2.06. The van der Waals surface area contributed by atoms with Crippen molar-refractivity contribution in [3.63, 3.8) is 0 Å². The molecular weight excluding hydrogens is 272 g/mol. The smallest absolute Gasteiger partial charge is 0.181 e. The molecule has 0 saturated heterocycles. The Labute approximate surface area is 124 Å². The first-order chi connectivity index (χ1) is 10.2. The van der Waals surface area contributed by atoms with Gasteiger partial charge >= 0.3 is 0 Å². The van der Waals surface area contributed by atoms with Gasteiger partial charge in [-0.3, -0.25) is 0 Å². The summed E-state index contributed by atoms with van der Waals surface area (Å²) in [5.41, 5.74) is 1.60. The number of hydrogen-bond acceptors (Lipinski definition) is 6. The van der Waals surface area contributed by atoms with E-state index in [1.54, 1.807) is 27.4 Å². The number of rotatable bonds is 7. The molecule has 0 amide bonds. The Hall–Kier alpha value is -2.21. The highest BCUT2D eigenvalue weighted by atomic mass is 16.5. The summed E-state index contributed by atoms with van der Waals surface area (Å²) >= 11 is 0. The molecule has 0 fully saturated rings. The van der Waals surface area contributed by atoms with Crippen molar-refractivity contribution in [2.75, 3.05) is 27.9 Å². The molecule has 0 bridgehead atoms. The van der Waals surface area contributed by atoms with Gasteiger partial charge in [-0.1, -0.05) is 6.92 Å². The molecule has 0 unspecified atom stereocenters. The van der Waals surface area contributed by atoms with E-state index in [9.17, 15) is 0 Å². The van der Waals surface area contributed by atoms with Gasteiger partial charge in [-0.2, -0.15) is 0 Å². The Balaban J connectivity index is 2.49. The molecule has 1 heterocycles. The maximum atomic E-state index is 5.54. The van der Waals surface area contributed by atoms with Crippen molar-refractivity contribution in [2.45, 2.75) is 13.5 Å². The molecule has 6 heteroatoms. The second-order valence-corrected chi connectivity index (χ2v) is 4.32. The number of nitrogens with one attached hydrogen (secondary N) is 1. The average Bonchev–Trinajstić information content (AvgIpc) is 2.99. The van der Waals surface area contributed by atoms with Crippen molar-refractivity contribution in [3.8, 4) is 28.6 Å². The lowest BCUT2D eigenvalue weighted by molar-refractivity contribution is 0.349. The van der Waals surface area contributed by atoms with Gasteiger partial charge in [-0.15, -0.1) is 0 Å². The molecule has 0 atom stereocenters. The van der Waals surface area contributed by atoms with Crippen molar-refractivity contribution in [2.24, 2.45) is 0 Å². The second kappa shape index (κ2) is 6.99. The van der Waals surface area contributed by atoms with Crippen LogP contribution >= 0.6 is 0 Å². The highest BCUT2D eigenvalue weighted by Crippen LogP contribution is 2.40. The van der Waals surface area contributed by atoms with E-state index in [-0.39, 0.29) is 0 Å². The van der Waals surface area contributed by atoms with Crippen LogP contribution in [0, 0.1) is 0 Å². The third kappa shape index (κ3) is 3.11. The summed E-state index contributed by atoms with van der Waals surface area (Å²) < 4.78 is 21.6. The SMILES string of the molecule is CCNCc1ncoc1-c1cc(OC)c(OC)cc1OC. The third-order valence-electron chi connectivity index (χ3n) is 3.13. The van der Waals surface area contributed by atoms with E-state index >= 15 is 0 Å². The molecule has 0 aliphatic rings. The fraction of sp³-hybridized carbons (Fsp3) is 0.400. The summed E-state index contributed by atoms with van der Waals surface area (Å²) in [5, 5.41) is 3.23. The standard InChI is InChI=1S/C15H20N2O4/c1-5-16-8-11-15(21-9-17-11)10-6-13(19-3)14(20-4)7-12(10)18-2/h6-7,9,16H,5,8H2,1-4H3. The molecule has 2 aromatic rings. The van der Waals surface area contributed by atoms with Gasteiger partial charge in [-0.25, -0.2) is 4.98 Å². The van der Waals surface area contributed by atoms with Gasteiger partial charge in [0, 0.05) is 12.6 Å². The minimum absolute atomic E-state index is 0.603. The fourth-order valence-corrected chi connectivity index (χ4v) is 2.06. The maximum Gasteiger partial charge on any atom is 0.181 e. The minimum atomic E-state index is 0.603. The van der Waals surface area contributed by atoms with Crippen LogP contribution in [-0.2, 0) is 6.54 Å². The molecule has 6 nitrogen and oxygen atoms in total. The van der Waals surface area contributed by atoms with Crippen LogP contribution in [0.25, 0.3) is 11.3 Å². The molecule has 1 aromatic heterocycles.